The number of thiophene rings is 1. The first kappa shape index (κ1) is 19.3. The monoisotopic (exact) mass is 429 g/mol. The third-order valence-electron chi connectivity index (χ3n) is 5.13. The van der Waals surface area contributed by atoms with Crippen LogP contribution in [0.4, 0.5) is 0 Å². The van der Waals surface area contributed by atoms with Gasteiger partial charge in [-0.2, -0.15) is 9.98 Å². The lowest BCUT2D eigenvalue weighted by molar-refractivity contribution is -0.140. The molecule has 0 amide bonds. The van der Waals surface area contributed by atoms with Crippen LogP contribution in [0.2, 0.25) is 0 Å². The number of carboxylic acid groups (broad SMARTS) is 1. The van der Waals surface area contributed by atoms with Crippen LogP contribution in [0.1, 0.15) is 24.2 Å². The maximum Gasteiger partial charge on any atom is 0.325 e. The Kier molecular flexibility index (Phi) is 4.53. The minimum absolute atomic E-state index is 0.0123. The van der Waals surface area contributed by atoms with Crippen molar-refractivity contribution >= 4 is 27.3 Å². The van der Waals surface area contributed by atoms with Gasteiger partial charge in [0.15, 0.2) is 0 Å². The molecule has 10 heteroatoms. The number of nitrogens with one attached hydrogen (secondary N) is 1. The van der Waals surface area contributed by atoms with Crippen LogP contribution < -0.4 is 4.72 Å². The number of sulfonamides is 1. The Morgan fingerprint density at radius 2 is 2.03 bits per heavy atom. The number of carbonyl (C=O) groups is 1. The van der Waals surface area contributed by atoms with Gasteiger partial charge in [0.2, 0.25) is 5.76 Å². The second-order valence-corrected chi connectivity index (χ2v) is 9.76. The highest BCUT2D eigenvalue weighted by Gasteiger charge is 2.70. The Hall–Kier alpha value is -3.00. The zero-order valence-electron chi connectivity index (χ0n) is 15.1. The number of aromatic nitrogens is 1. The number of nitriles is 1. The lowest BCUT2D eigenvalue weighted by Gasteiger charge is -2.15. The summed E-state index contributed by atoms with van der Waals surface area (Å²) < 4.78 is 33.1. The minimum atomic E-state index is -4.10. The molecule has 0 bridgehead atoms. The summed E-state index contributed by atoms with van der Waals surface area (Å²) in [5.74, 6) is -2.08. The molecular formula is C19H15N3O5S2. The van der Waals surface area contributed by atoms with Gasteiger partial charge in [0, 0.05) is 12.0 Å². The third kappa shape index (κ3) is 3.13. The quantitative estimate of drug-likeness (QED) is 0.615. The molecule has 0 saturated heterocycles. The van der Waals surface area contributed by atoms with E-state index in [-0.39, 0.29) is 9.97 Å². The number of benzene rings is 1. The van der Waals surface area contributed by atoms with Crippen LogP contribution >= 0.6 is 11.3 Å². The number of rotatable bonds is 6. The van der Waals surface area contributed by atoms with Crippen molar-refractivity contribution in [3.05, 3.63) is 59.9 Å². The summed E-state index contributed by atoms with van der Waals surface area (Å²) in [5.41, 5.74) is -0.502. The second kappa shape index (κ2) is 6.81. The van der Waals surface area contributed by atoms with Crippen LogP contribution in [0, 0.1) is 17.2 Å². The molecule has 0 aliphatic heterocycles. The smallest absolute Gasteiger partial charge is 0.325 e. The summed E-state index contributed by atoms with van der Waals surface area (Å²) in [6.45, 7) is 1.72. The molecule has 0 radical (unpaired) electrons. The molecule has 1 saturated carbocycles. The molecule has 8 nitrogen and oxygen atoms in total. The molecule has 1 fully saturated rings. The third-order valence-corrected chi connectivity index (χ3v) is 8.22. The average Bonchev–Trinajstić information content (AvgIpc) is 3.13. The van der Waals surface area contributed by atoms with Crippen molar-refractivity contribution < 1.29 is 22.8 Å². The summed E-state index contributed by atoms with van der Waals surface area (Å²) in [4.78, 5) is 12.6. The zero-order chi connectivity index (χ0) is 20.8. The number of aliphatic carboxylic acids is 1. The molecule has 3 aromatic rings. The van der Waals surface area contributed by atoms with Crippen LogP contribution in [-0.2, 0) is 14.8 Å². The first-order chi connectivity index (χ1) is 13.8. The predicted molar refractivity (Wildman–Crippen MR) is 104 cm³/mol. The van der Waals surface area contributed by atoms with Gasteiger partial charge in [-0.05, 0) is 23.6 Å². The number of hydrogen-bond donors (Lipinski definition) is 2. The van der Waals surface area contributed by atoms with E-state index in [1.54, 1.807) is 31.2 Å². The molecule has 1 aliphatic rings. The standard InChI is InChI=1S/C19H15N3O5S2/c1-11-17(12-5-3-2-4-6-12)19(11,18(23)24)22-29(25,26)16-8-7-15(28-16)14-9-13(10-20)27-21-14/h2-9,11,17,22H,1H3,(H,23,24)/t11?,17-,19-/m0/s1. The van der Waals surface area contributed by atoms with Gasteiger partial charge < -0.3 is 9.63 Å². The van der Waals surface area contributed by atoms with E-state index in [0.717, 1.165) is 16.9 Å². The largest absolute Gasteiger partial charge is 0.480 e. The van der Waals surface area contributed by atoms with Crippen LogP contribution in [-0.4, -0.2) is 30.2 Å². The van der Waals surface area contributed by atoms with Crippen LogP contribution in [0.3, 0.4) is 0 Å². The topological polar surface area (TPSA) is 133 Å². The first-order valence-corrected chi connectivity index (χ1v) is 10.9. The van der Waals surface area contributed by atoms with Crippen molar-refractivity contribution in [3.63, 3.8) is 0 Å². The van der Waals surface area contributed by atoms with Crippen molar-refractivity contribution in [2.24, 2.45) is 5.92 Å². The van der Waals surface area contributed by atoms with Gasteiger partial charge in [-0.3, -0.25) is 4.79 Å². The maximum absolute atomic E-state index is 13.0. The Bertz CT molecular complexity index is 1230. The molecular weight excluding hydrogens is 414 g/mol. The van der Waals surface area contributed by atoms with Crippen molar-refractivity contribution in [2.45, 2.75) is 22.6 Å². The second-order valence-electron chi connectivity index (χ2n) is 6.76. The SMILES string of the molecule is CC1[C@@H](c2ccccc2)[C@]1(NS(=O)(=O)c1ccc(-c2cc(C#N)on2)s1)C(=O)O. The lowest BCUT2D eigenvalue weighted by Crippen LogP contribution is -2.45. The molecule has 148 valence electrons. The normalized spacial score (nSPS) is 23.4. The molecule has 29 heavy (non-hydrogen) atoms. The predicted octanol–water partition coefficient (Wildman–Crippen LogP) is 2.81. The highest BCUT2D eigenvalue weighted by atomic mass is 32.2. The molecule has 3 atom stereocenters. The summed E-state index contributed by atoms with van der Waals surface area (Å²) in [6.07, 6.45) is 0. The van der Waals surface area contributed by atoms with Crippen LogP contribution in [0.5, 0.6) is 0 Å². The van der Waals surface area contributed by atoms with Gasteiger partial charge in [-0.25, -0.2) is 8.42 Å². The highest BCUT2D eigenvalue weighted by Crippen LogP contribution is 2.58. The van der Waals surface area contributed by atoms with Gasteiger partial charge >= 0.3 is 5.97 Å². The van der Waals surface area contributed by atoms with Crippen molar-refractivity contribution in [3.8, 4) is 16.6 Å². The van der Waals surface area contributed by atoms with Crippen molar-refractivity contribution in [1.29, 1.82) is 5.26 Å². The van der Waals surface area contributed by atoms with E-state index < -0.39 is 33.4 Å². The zero-order valence-corrected chi connectivity index (χ0v) is 16.7. The van der Waals surface area contributed by atoms with Gasteiger partial charge in [-0.15, -0.1) is 11.3 Å². The van der Waals surface area contributed by atoms with Gasteiger partial charge in [0.25, 0.3) is 10.0 Å². The summed E-state index contributed by atoms with van der Waals surface area (Å²) in [6, 6.07) is 15.1. The van der Waals surface area contributed by atoms with E-state index in [1.165, 1.54) is 18.2 Å². The molecule has 2 aromatic heterocycles. The van der Waals surface area contributed by atoms with Crippen molar-refractivity contribution in [1.82, 2.24) is 9.88 Å². The summed E-state index contributed by atoms with van der Waals surface area (Å²) in [7, 11) is -4.10. The van der Waals surface area contributed by atoms with Gasteiger partial charge in [-0.1, -0.05) is 42.4 Å². The number of hydrogen-bond acceptors (Lipinski definition) is 7. The molecule has 2 N–H and O–H groups in total. The van der Waals surface area contributed by atoms with E-state index in [9.17, 15) is 18.3 Å². The van der Waals surface area contributed by atoms with E-state index in [0.29, 0.717) is 10.6 Å². The average molecular weight is 429 g/mol. The van der Waals surface area contributed by atoms with Gasteiger partial charge in [0.1, 0.15) is 21.5 Å². The Morgan fingerprint density at radius 1 is 1.31 bits per heavy atom. The van der Waals surface area contributed by atoms with Crippen LogP contribution in [0.15, 0.2) is 57.3 Å². The van der Waals surface area contributed by atoms with E-state index in [1.807, 2.05) is 12.1 Å². The van der Waals surface area contributed by atoms with E-state index >= 15 is 0 Å². The van der Waals surface area contributed by atoms with Crippen LogP contribution in [0.25, 0.3) is 10.6 Å². The summed E-state index contributed by atoms with van der Waals surface area (Å²) in [5, 5.41) is 22.4. The Morgan fingerprint density at radius 3 is 2.66 bits per heavy atom. The molecule has 1 aromatic carbocycles. The molecule has 1 aliphatic carbocycles. The molecule has 0 spiro atoms. The fraction of sp³-hybridized carbons (Fsp3) is 0.211. The fourth-order valence-corrected chi connectivity index (χ4v) is 6.34. The lowest BCUT2D eigenvalue weighted by atomic mass is 10.1. The van der Waals surface area contributed by atoms with Crippen molar-refractivity contribution in [2.75, 3.05) is 0 Å². The highest BCUT2D eigenvalue weighted by molar-refractivity contribution is 7.91. The van der Waals surface area contributed by atoms with E-state index in [4.69, 9.17) is 9.78 Å². The maximum atomic E-state index is 13.0. The Labute approximate surface area is 170 Å². The van der Waals surface area contributed by atoms with Gasteiger partial charge in [0.05, 0.1) is 4.88 Å². The minimum Gasteiger partial charge on any atom is -0.480 e. The van der Waals surface area contributed by atoms with E-state index in [2.05, 4.69) is 9.88 Å². The Balaban J connectivity index is 1.64. The first-order valence-electron chi connectivity index (χ1n) is 8.59. The molecule has 1 unspecified atom stereocenters. The number of carboxylic acids is 1. The molecule has 2 heterocycles. The summed E-state index contributed by atoms with van der Waals surface area (Å²) >= 11 is 0.920. The number of nitrogens with zero attached hydrogens (tertiary/aromatic N) is 2. The molecule has 4 rings (SSSR count). The fourth-order valence-electron chi connectivity index (χ4n) is 3.62.